The van der Waals surface area contributed by atoms with E-state index in [2.05, 4.69) is 47.4 Å². The quantitative estimate of drug-likeness (QED) is 0.870. The summed E-state index contributed by atoms with van der Waals surface area (Å²) in [6.07, 6.45) is 2.49. The zero-order chi connectivity index (χ0) is 12.5. The maximum absolute atomic E-state index is 3.38. The van der Waals surface area contributed by atoms with E-state index < -0.39 is 0 Å². The van der Waals surface area contributed by atoms with Gasteiger partial charge >= 0.3 is 0 Å². The molecule has 2 heterocycles. The molecule has 1 aromatic carbocycles. The second kappa shape index (κ2) is 4.90. The van der Waals surface area contributed by atoms with Crippen molar-refractivity contribution >= 4 is 5.69 Å². The van der Waals surface area contributed by atoms with Gasteiger partial charge in [0.15, 0.2) is 0 Å². The van der Waals surface area contributed by atoms with Crippen molar-refractivity contribution < 1.29 is 0 Å². The minimum absolute atomic E-state index is 0.686. The predicted molar refractivity (Wildman–Crippen MR) is 76.2 cm³/mol. The van der Waals surface area contributed by atoms with Gasteiger partial charge in [0.25, 0.3) is 0 Å². The Morgan fingerprint density at radius 2 is 2.22 bits per heavy atom. The number of hydrogen-bond acceptors (Lipinski definition) is 3. The highest BCUT2D eigenvalue weighted by Gasteiger charge is 2.21. The molecule has 3 nitrogen and oxygen atoms in total. The molecule has 1 fully saturated rings. The number of nitrogens with one attached hydrogen (secondary N) is 1. The van der Waals surface area contributed by atoms with Crippen LogP contribution in [0.4, 0.5) is 5.69 Å². The highest BCUT2D eigenvalue weighted by Crippen LogP contribution is 2.28. The van der Waals surface area contributed by atoms with Crippen LogP contribution in [0.15, 0.2) is 18.2 Å². The molecule has 0 amide bonds. The van der Waals surface area contributed by atoms with Crippen molar-refractivity contribution in [3.63, 3.8) is 0 Å². The van der Waals surface area contributed by atoms with Crippen molar-refractivity contribution in [1.29, 1.82) is 0 Å². The minimum atomic E-state index is 0.686. The highest BCUT2D eigenvalue weighted by molar-refractivity contribution is 5.58. The van der Waals surface area contributed by atoms with E-state index in [-0.39, 0.29) is 0 Å². The lowest BCUT2D eigenvalue weighted by atomic mass is 10.1. The number of anilines is 1. The average molecular weight is 245 g/mol. The topological polar surface area (TPSA) is 18.5 Å². The standard InChI is InChI=1S/C15H23N3/c1-16-14-6-8-18(11-14)10-12-3-4-15-13(9-12)5-7-17(15)2/h3-4,9,14,16H,5-8,10-11H2,1-2H3. The lowest BCUT2D eigenvalue weighted by Crippen LogP contribution is -2.29. The normalized spacial score (nSPS) is 23.7. The maximum Gasteiger partial charge on any atom is 0.0397 e. The number of nitrogens with zero attached hydrogens (tertiary/aromatic N) is 2. The van der Waals surface area contributed by atoms with Crippen LogP contribution in [0.2, 0.25) is 0 Å². The van der Waals surface area contributed by atoms with Crippen molar-refractivity contribution in [2.24, 2.45) is 0 Å². The molecule has 18 heavy (non-hydrogen) atoms. The van der Waals surface area contributed by atoms with Crippen molar-refractivity contribution in [2.45, 2.75) is 25.4 Å². The summed E-state index contributed by atoms with van der Waals surface area (Å²) in [6.45, 7) is 4.69. The summed E-state index contributed by atoms with van der Waals surface area (Å²) >= 11 is 0. The van der Waals surface area contributed by atoms with Crippen LogP contribution in [-0.2, 0) is 13.0 Å². The molecule has 3 heteroatoms. The number of rotatable bonds is 3. The molecule has 0 saturated carbocycles. The van der Waals surface area contributed by atoms with Crippen molar-refractivity contribution in [1.82, 2.24) is 10.2 Å². The van der Waals surface area contributed by atoms with Crippen LogP contribution in [0.5, 0.6) is 0 Å². The van der Waals surface area contributed by atoms with Gasteiger partial charge in [0, 0.05) is 45.0 Å². The molecule has 0 aliphatic carbocycles. The minimum Gasteiger partial charge on any atom is -0.374 e. The molecular weight excluding hydrogens is 222 g/mol. The maximum atomic E-state index is 3.38. The molecule has 1 unspecified atom stereocenters. The monoisotopic (exact) mass is 245 g/mol. The largest absolute Gasteiger partial charge is 0.374 e. The number of hydrogen-bond donors (Lipinski definition) is 1. The summed E-state index contributed by atoms with van der Waals surface area (Å²) in [5.74, 6) is 0. The molecule has 2 aliphatic heterocycles. The summed E-state index contributed by atoms with van der Waals surface area (Å²) in [5, 5.41) is 3.38. The van der Waals surface area contributed by atoms with Crippen molar-refractivity contribution in [2.75, 3.05) is 38.6 Å². The van der Waals surface area contributed by atoms with Crippen LogP contribution in [0.1, 0.15) is 17.5 Å². The van der Waals surface area contributed by atoms with Gasteiger partial charge in [0.05, 0.1) is 0 Å². The highest BCUT2D eigenvalue weighted by atomic mass is 15.2. The molecular formula is C15H23N3. The van der Waals surface area contributed by atoms with E-state index in [4.69, 9.17) is 0 Å². The van der Waals surface area contributed by atoms with Crippen molar-refractivity contribution in [3.8, 4) is 0 Å². The fourth-order valence-electron chi connectivity index (χ4n) is 3.19. The molecule has 1 aromatic rings. The Morgan fingerprint density at radius 1 is 1.33 bits per heavy atom. The first-order chi connectivity index (χ1) is 8.76. The second-order valence-electron chi connectivity index (χ2n) is 5.64. The summed E-state index contributed by atoms with van der Waals surface area (Å²) in [4.78, 5) is 4.91. The van der Waals surface area contributed by atoms with E-state index in [1.54, 1.807) is 0 Å². The van der Waals surface area contributed by atoms with E-state index in [1.807, 2.05) is 0 Å². The van der Waals surface area contributed by atoms with Crippen LogP contribution in [0.3, 0.4) is 0 Å². The van der Waals surface area contributed by atoms with Gasteiger partial charge in [-0.15, -0.1) is 0 Å². The van der Waals surface area contributed by atoms with Crippen molar-refractivity contribution in [3.05, 3.63) is 29.3 Å². The fraction of sp³-hybridized carbons (Fsp3) is 0.600. The number of benzene rings is 1. The Hall–Kier alpha value is -1.06. The van der Waals surface area contributed by atoms with E-state index in [0.717, 1.165) is 6.54 Å². The van der Waals surface area contributed by atoms with Gasteiger partial charge in [-0.2, -0.15) is 0 Å². The zero-order valence-corrected chi connectivity index (χ0v) is 11.4. The first-order valence-corrected chi connectivity index (χ1v) is 6.99. The smallest absolute Gasteiger partial charge is 0.0397 e. The lowest BCUT2D eigenvalue weighted by Gasteiger charge is -2.17. The third kappa shape index (κ3) is 2.25. The van der Waals surface area contributed by atoms with Crippen LogP contribution in [0, 0.1) is 0 Å². The van der Waals surface area contributed by atoms with Crippen LogP contribution < -0.4 is 10.2 Å². The molecule has 0 bridgehead atoms. The van der Waals surface area contributed by atoms with E-state index >= 15 is 0 Å². The number of likely N-dealkylation sites (tertiary alicyclic amines) is 1. The van der Waals surface area contributed by atoms with E-state index in [1.165, 1.54) is 49.3 Å². The molecule has 3 rings (SSSR count). The van der Waals surface area contributed by atoms with Gasteiger partial charge < -0.3 is 10.2 Å². The van der Waals surface area contributed by atoms with E-state index in [9.17, 15) is 0 Å². The number of likely N-dealkylation sites (N-methyl/N-ethyl adjacent to an activating group) is 2. The average Bonchev–Trinajstić information content (AvgIpc) is 2.97. The lowest BCUT2D eigenvalue weighted by molar-refractivity contribution is 0.322. The van der Waals surface area contributed by atoms with Gasteiger partial charge in [-0.3, -0.25) is 4.90 Å². The first kappa shape index (κ1) is 12.0. The number of fused-ring (bicyclic) bond motifs is 1. The third-order valence-corrected chi connectivity index (χ3v) is 4.36. The second-order valence-corrected chi connectivity index (χ2v) is 5.64. The summed E-state index contributed by atoms with van der Waals surface area (Å²) < 4.78 is 0. The summed E-state index contributed by atoms with van der Waals surface area (Å²) in [6, 6.07) is 7.69. The Bertz CT molecular complexity index is 430. The fourth-order valence-corrected chi connectivity index (χ4v) is 3.19. The Morgan fingerprint density at radius 3 is 3.00 bits per heavy atom. The summed E-state index contributed by atoms with van der Waals surface area (Å²) in [7, 11) is 4.25. The Balaban J connectivity index is 1.67. The molecule has 0 spiro atoms. The van der Waals surface area contributed by atoms with Crippen LogP contribution >= 0.6 is 0 Å². The SMILES string of the molecule is CNC1CCN(Cc2ccc3c(c2)CCN3C)C1. The molecule has 1 saturated heterocycles. The van der Waals surface area contributed by atoms with Crippen LogP contribution in [0.25, 0.3) is 0 Å². The van der Waals surface area contributed by atoms with E-state index in [0.29, 0.717) is 6.04 Å². The van der Waals surface area contributed by atoms with Gasteiger partial charge in [-0.05, 0) is 37.1 Å². The molecule has 98 valence electrons. The Kier molecular flexibility index (Phi) is 3.27. The zero-order valence-electron chi connectivity index (χ0n) is 11.4. The summed E-state index contributed by atoms with van der Waals surface area (Å²) in [5.41, 5.74) is 4.42. The van der Waals surface area contributed by atoms with Gasteiger partial charge in [-0.1, -0.05) is 12.1 Å². The molecule has 1 atom stereocenters. The van der Waals surface area contributed by atoms with Gasteiger partial charge in [-0.25, -0.2) is 0 Å². The molecule has 0 aromatic heterocycles. The van der Waals surface area contributed by atoms with Gasteiger partial charge in [0.1, 0.15) is 0 Å². The molecule has 2 aliphatic rings. The molecule has 1 N–H and O–H groups in total. The predicted octanol–water partition coefficient (Wildman–Crippen LogP) is 1.47. The molecule has 0 radical (unpaired) electrons. The van der Waals surface area contributed by atoms with Crippen LogP contribution in [-0.4, -0.2) is 44.7 Å². The third-order valence-electron chi connectivity index (χ3n) is 4.36. The Labute approximate surface area is 110 Å². The van der Waals surface area contributed by atoms with Gasteiger partial charge in [0.2, 0.25) is 0 Å². The first-order valence-electron chi connectivity index (χ1n) is 6.99.